The lowest BCUT2D eigenvalue weighted by atomic mass is 9.43. The topological polar surface area (TPSA) is 66.8 Å². The molecule has 4 aliphatic rings. The molecule has 0 aromatic rings. The van der Waals surface area contributed by atoms with Gasteiger partial charge in [0.05, 0.1) is 17.8 Å². The molecule has 0 saturated heterocycles. The van der Waals surface area contributed by atoms with Crippen LogP contribution in [0.25, 0.3) is 0 Å². The van der Waals surface area contributed by atoms with Crippen LogP contribution in [0.2, 0.25) is 0 Å². The summed E-state index contributed by atoms with van der Waals surface area (Å²) in [6.45, 7) is 7.77. The number of ether oxygens (including phenoxy) is 1. The Labute approximate surface area is 138 Å². The molecule has 3 unspecified atom stereocenters. The van der Waals surface area contributed by atoms with Gasteiger partial charge in [0.2, 0.25) is 0 Å². The average molecular weight is 322 g/mol. The summed E-state index contributed by atoms with van der Waals surface area (Å²) >= 11 is 0. The predicted octanol–water partition coefficient (Wildman–Crippen LogP) is 2.97. The van der Waals surface area contributed by atoms with Gasteiger partial charge < -0.3 is 14.9 Å². The summed E-state index contributed by atoms with van der Waals surface area (Å²) in [5.74, 6) is 0.950. The largest absolute Gasteiger partial charge is 0.490 e. The maximum atomic E-state index is 11.2. The van der Waals surface area contributed by atoms with Gasteiger partial charge in [-0.05, 0) is 55.8 Å². The highest BCUT2D eigenvalue weighted by atomic mass is 16.5. The van der Waals surface area contributed by atoms with Gasteiger partial charge in [-0.1, -0.05) is 19.9 Å². The first kappa shape index (κ1) is 17.0. The fourth-order valence-electron chi connectivity index (χ4n) is 6.23. The Morgan fingerprint density at radius 3 is 2.30 bits per heavy atom. The van der Waals surface area contributed by atoms with Gasteiger partial charge in [-0.25, -0.2) is 0 Å². The molecule has 0 aromatic carbocycles. The lowest BCUT2D eigenvalue weighted by Crippen LogP contribution is -2.64. The Morgan fingerprint density at radius 1 is 1.22 bits per heavy atom. The van der Waals surface area contributed by atoms with Crippen LogP contribution in [0.15, 0.2) is 12.3 Å². The molecule has 4 heteroatoms. The first-order valence-corrected chi connectivity index (χ1v) is 8.97. The highest BCUT2D eigenvalue weighted by molar-refractivity contribution is 5.90. The lowest BCUT2D eigenvalue weighted by Gasteiger charge is -2.65. The van der Waals surface area contributed by atoms with Gasteiger partial charge in [0.15, 0.2) is 11.5 Å². The zero-order valence-corrected chi connectivity index (χ0v) is 14.4. The van der Waals surface area contributed by atoms with Crippen molar-refractivity contribution in [1.82, 2.24) is 0 Å². The zero-order valence-electron chi connectivity index (χ0n) is 14.4. The quantitative estimate of drug-likeness (QED) is 0.558. The minimum atomic E-state index is -0.675. The van der Waals surface area contributed by atoms with Crippen LogP contribution in [-0.2, 0) is 9.53 Å². The molecule has 4 nitrogen and oxygen atoms in total. The van der Waals surface area contributed by atoms with Crippen molar-refractivity contribution in [1.29, 1.82) is 0 Å². The number of carbonyl (C=O) groups is 1. The number of hydrogen-bond donors (Lipinski definition) is 2. The summed E-state index contributed by atoms with van der Waals surface area (Å²) in [6, 6.07) is 0. The van der Waals surface area contributed by atoms with E-state index >= 15 is 0 Å². The Kier molecular flexibility index (Phi) is 4.13. The van der Waals surface area contributed by atoms with Crippen LogP contribution in [0.4, 0.5) is 0 Å². The van der Waals surface area contributed by atoms with E-state index in [4.69, 9.17) is 4.74 Å². The highest BCUT2D eigenvalue weighted by Crippen LogP contribution is 2.66. The fraction of sp³-hybridized carbons (Fsp3) is 0.842. The first-order valence-electron chi connectivity index (χ1n) is 8.97. The molecule has 4 saturated carbocycles. The van der Waals surface area contributed by atoms with E-state index in [1.165, 1.54) is 6.92 Å². The van der Waals surface area contributed by atoms with Gasteiger partial charge in [-0.15, -0.1) is 0 Å². The summed E-state index contributed by atoms with van der Waals surface area (Å²) in [7, 11) is 0. The van der Waals surface area contributed by atoms with E-state index < -0.39 is 11.2 Å². The molecule has 0 aliphatic heterocycles. The van der Waals surface area contributed by atoms with Crippen LogP contribution >= 0.6 is 0 Å². The van der Waals surface area contributed by atoms with Crippen LogP contribution in [0.3, 0.4) is 0 Å². The second kappa shape index (κ2) is 5.59. The number of allylic oxidation sites excluding steroid dienone is 1. The summed E-state index contributed by atoms with van der Waals surface area (Å²) in [4.78, 5) is 11.2. The second-order valence-corrected chi connectivity index (χ2v) is 8.54. The van der Waals surface area contributed by atoms with Gasteiger partial charge in [-0.3, -0.25) is 4.79 Å². The van der Waals surface area contributed by atoms with Gasteiger partial charge in [0, 0.05) is 13.3 Å². The zero-order chi connectivity index (χ0) is 16.9. The van der Waals surface area contributed by atoms with Crippen molar-refractivity contribution in [3.8, 4) is 0 Å². The number of carbonyl (C=O) groups excluding carboxylic acids is 1. The van der Waals surface area contributed by atoms with Crippen LogP contribution in [0.1, 0.15) is 65.2 Å². The van der Waals surface area contributed by atoms with E-state index in [0.717, 1.165) is 44.9 Å². The minimum Gasteiger partial charge on any atom is -0.490 e. The molecule has 0 radical (unpaired) electrons. The average Bonchev–Trinajstić information content (AvgIpc) is 2.38. The third kappa shape index (κ3) is 3.08. The Balaban J connectivity index is 1.71. The number of Topliss-reactive ketones (excluding diaryl/α,β-unsaturated/α-hetero) is 1. The van der Waals surface area contributed by atoms with E-state index in [1.54, 1.807) is 0 Å². The fourth-order valence-corrected chi connectivity index (χ4v) is 6.23. The van der Waals surface area contributed by atoms with Crippen LogP contribution in [0, 0.1) is 17.3 Å². The third-order valence-corrected chi connectivity index (χ3v) is 6.55. The molecule has 0 amide bonds. The molecule has 4 rings (SSSR count). The van der Waals surface area contributed by atoms with Crippen molar-refractivity contribution in [2.75, 3.05) is 6.61 Å². The molecule has 4 fully saturated rings. The maximum Gasteiger partial charge on any atom is 0.193 e. The monoisotopic (exact) mass is 322 g/mol. The van der Waals surface area contributed by atoms with Crippen molar-refractivity contribution >= 4 is 5.78 Å². The van der Waals surface area contributed by atoms with Crippen molar-refractivity contribution in [2.24, 2.45) is 17.3 Å². The Bertz CT molecular complexity index is 493. The number of hydrogen-bond acceptors (Lipinski definition) is 4. The minimum absolute atomic E-state index is 0.0264. The predicted molar refractivity (Wildman–Crippen MR) is 87.7 cm³/mol. The van der Waals surface area contributed by atoms with E-state index in [1.807, 2.05) is 0 Å². The summed E-state index contributed by atoms with van der Waals surface area (Å²) in [6.07, 6.45) is 6.85. The standard InChI is InChI=1S/C19H30O4/c1-4-16(5-6-23-14(3)13(2)20)17-7-15-8-18(21,10-17)12-19(22,9-15)11-17/h15-16,21-22H,3-12H2,1-2H3. The van der Waals surface area contributed by atoms with Crippen molar-refractivity contribution < 1.29 is 19.7 Å². The SMILES string of the molecule is C=C(OCCC(CC)C12CC3CC(O)(CC(O)(C3)C1)C2)C(C)=O. The number of aliphatic hydroxyl groups is 2. The van der Waals surface area contributed by atoms with Crippen LogP contribution < -0.4 is 0 Å². The summed E-state index contributed by atoms with van der Waals surface area (Å²) in [5, 5.41) is 21.8. The molecule has 4 aliphatic carbocycles. The molecule has 0 aromatic heterocycles. The Hall–Kier alpha value is -0.870. The maximum absolute atomic E-state index is 11.2. The van der Waals surface area contributed by atoms with Crippen LogP contribution in [0.5, 0.6) is 0 Å². The van der Waals surface area contributed by atoms with Crippen molar-refractivity contribution in [3.05, 3.63) is 12.3 Å². The molecule has 130 valence electrons. The Morgan fingerprint density at radius 2 is 1.83 bits per heavy atom. The summed E-state index contributed by atoms with van der Waals surface area (Å²) < 4.78 is 5.48. The van der Waals surface area contributed by atoms with Crippen molar-refractivity contribution in [2.45, 2.75) is 76.4 Å². The van der Waals surface area contributed by atoms with E-state index in [-0.39, 0.29) is 17.0 Å². The molecule has 4 bridgehead atoms. The summed E-state index contributed by atoms with van der Waals surface area (Å²) in [5.41, 5.74) is -1.32. The lowest BCUT2D eigenvalue weighted by molar-refractivity contribution is -0.244. The van der Waals surface area contributed by atoms with Gasteiger partial charge >= 0.3 is 0 Å². The van der Waals surface area contributed by atoms with E-state index in [2.05, 4.69) is 13.5 Å². The molecular formula is C19H30O4. The molecular weight excluding hydrogens is 292 g/mol. The number of rotatable bonds is 7. The van der Waals surface area contributed by atoms with Crippen molar-refractivity contribution in [3.63, 3.8) is 0 Å². The highest BCUT2D eigenvalue weighted by Gasteiger charge is 2.64. The van der Waals surface area contributed by atoms with E-state index in [0.29, 0.717) is 24.9 Å². The smallest absolute Gasteiger partial charge is 0.193 e. The first-order chi connectivity index (χ1) is 10.7. The normalized spacial score (nSPS) is 42.5. The molecule has 23 heavy (non-hydrogen) atoms. The molecule has 0 spiro atoms. The van der Waals surface area contributed by atoms with Gasteiger partial charge in [0.25, 0.3) is 0 Å². The van der Waals surface area contributed by atoms with E-state index in [9.17, 15) is 15.0 Å². The van der Waals surface area contributed by atoms with Gasteiger partial charge in [0.1, 0.15) is 0 Å². The molecule has 3 atom stereocenters. The number of ketones is 1. The van der Waals surface area contributed by atoms with Gasteiger partial charge in [-0.2, -0.15) is 0 Å². The van der Waals surface area contributed by atoms with Crippen LogP contribution in [-0.4, -0.2) is 33.8 Å². The second-order valence-electron chi connectivity index (χ2n) is 8.54. The molecule has 2 N–H and O–H groups in total. The third-order valence-electron chi connectivity index (χ3n) is 6.55. The molecule has 0 heterocycles.